The minimum absolute atomic E-state index is 0.677. The van der Waals surface area contributed by atoms with Crippen LogP contribution in [0.3, 0.4) is 0 Å². The van der Waals surface area contributed by atoms with Crippen molar-refractivity contribution in [1.82, 2.24) is 14.4 Å². The Kier molecular flexibility index (Phi) is 1.46. The highest BCUT2D eigenvalue weighted by molar-refractivity contribution is 7.71. The minimum Gasteiger partial charge on any atom is -0.331 e. The predicted molar refractivity (Wildman–Crippen MR) is 57.9 cm³/mol. The molecule has 3 aromatic rings. The van der Waals surface area contributed by atoms with Crippen LogP contribution >= 0.6 is 12.2 Å². The van der Waals surface area contributed by atoms with Crippen LogP contribution in [-0.4, -0.2) is 14.4 Å². The molecule has 0 aliphatic carbocycles. The van der Waals surface area contributed by atoms with E-state index in [2.05, 4.69) is 9.97 Å². The van der Waals surface area contributed by atoms with Crippen molar-refractivity contribution in [1.29, 1.82) is 0 Å². The minimum atomic E-state index is 0.677. The highest BCUT2D eigenvalue weighted by Gasteiger charge is 2.01. The maximum Gasteiger partial charge on any atom is 0.183 e. The van der Waals surface area contributed by atoms with Crippen LogP contribution in [-0.2, 0) is 0 Å². The van der Waals surface area contributed by atoms with E-state index in [1.165, 1.54) is 0 Å². The number of para-hydroxylation sites is 1. The third-order valence-corrected chi connectivity index (χ3v) is 2.57. The van der Waals surface area contributed by atoms with Gasteiger partial charge in [0.15, 0.2) is 4.77 Å². The molecule has 0 spiro atoms. The zero-order valence-corrected chi connectivity index (χ0v) is 8.08. The molecule has 0 saturated carbocycles. The lowest BCUT2D eigenvalue weighted by molar-refractivity contribution is 1.09. The summed E-state index contributed by atoms with van der Waals surface area (Å²) in [6.45, 7) is 0. The van der Waals surface area contributed by atoms with Gasteiger partial charge in [0.25, 0.3) is 0 Å². The maximum atomic E-state index is 5.20. The molecule has 0 aliphatic rings. The third-order valence-electron chi connectivity index (χ3n) is 2.27. The summed E-state index contributed by atoms with van der Waals surface area (Å²) in [5.74, 6) is 0. The van der Waals surface area contributed by atoms with Crippen molar-refractivity contribution < 1.29 is 0 Å². The molecule has 68 valence electrons. The Morgan fingerprint density at radius 2 is 2.14 bits per heavy atom. The molecule has 0 saturated heterocycles. The summed E-state index contributed by atoms with van der Waals surface area (Å²) in [7, 11) is 0. The molecule has 0 radical (unpaired) electrons. The van der Waals surface area contributed by atoms with E-state index in [0.29, 0.717) is 4.77 Å². The molecule has 2 aromatic heterocycles. The molecule has 0 amide bonds. The molecule has 1 N–H and O–H groups in total. The van der Waals surface area contributed by atoms with Crippen molar-refractivity contribution in [3.63, 3.8) is 0 Å². The number of imidazole rings is 1. The van der Waals surface area contributed by atoms with Crippen LogP contribution in [0.4, 0.5) is 0 Å². The lowest BCUT2D eigenvalue weighted by Gasteiger charge is -2.00. The van der Waals surface area contributed by atoms with Gasteiger partial charge in [-0.2, -0.15) is 0 Å². The van der Waals surface area contributed by atoms with Gasteiger partial charge in [0, 0.05) is 17.8 Å². The fourth-order valence-corrected chi connectivity index (χ4v) is 1.89. The topological polar surface area (TPSA) is 33.1 Å². The molecule has 0 bridgehead atoms. The van der Waals surface area contributed by atoms with Gasteiger partial charge in [-0.25, -0.2) is 4.98 Å². The smallest absolute Gasteiger partial charge is 0.183 e. The van der Waals surface area contributed by atoms with Gasteiger partial charge in [0.05, 0.1) is 5.52 Å². The SMILES string of the molecule is S=c1[nH]c2ccccc2c2nccn12. The fourth-order valence-electron chi connectivity index (χ4n) is 1.63. The lowest BCUT2D eigenvalue weighted by Crippen LogP contribution is -1.91. The van der Waals surface area contributed by atoms with Crippen LogP contribution in [0.25, 0.3) is 16.6 Å². The standard InChI is InChI=1S/C10H7N3S/c14-10-12-8-4-2-1-3-7(8)9-11-5-6-13(9)10/h1-6H,(H,12,14). The first-order chi connectivity index (χ1) is 6.86. The van der Waals surface area contributed by atoms with E-state index >= 15 is 0 Å². The van der Waals surface area contributed by atoms with Crippen molar-refractivity contribution in [2.75, 3.05) is 0 Å². The monoisotopic (exact) mass is 201 g/mol. The van der Waals surface area contributed by atoms with Gasteiger partial charge in [-0.15, -0.1) is 0 Å². The van der Waals surface area contributed by atoms with Gasteiger partial charge < -0.3 is 4.98 Å². The van der Waals surface area contributed by atoms with Gasteiger partial charge in [-0.1, -0.05) is 12.1 Å². The van der Waals surface area contributed by atoms with E-state index in [1.54, 1.807) is 6.20 Å². The van der Waals surface area contributed by atoms with Crippen molar-refractivity contribution >= 4 is 28.8 Å². The first kappa shape index (κ1) is 7.70. The normalized spacial score (nSPS) is 11.1. The second-order valence-corrected chi connectivity index (χ2v) is 3.48. The van der Waals surface area contributed by atoms with Crippen molar-refractivity contribution in [3.05, 3.63) is 41.4 Å². The molecule has 0 unspecified atom stereocenters. The van der Waals surface area contributed by atoms with Crippen LogP contribution in [0.2, 0.25) is 0 Å². The van der Waals surface area contributed by atoms with Crippen LogP contribution in [0.5, 0.6) is 0 Å². The summed E-state index contributed by atoms with van der Waals surface area (Å²) in [5, 5.41) is 1.09. The second-order valence-electron chi connectivity index (χ2n) is 3.10. The van der Waals surface area contributed by atoms with Crippen molar-refractivity contribution in [2.45, 2.75) is 0 Å². The maximum absolute atomic E-state index is 5.20. The zero-order valence-electron chi connectivity index (χ0n) is 7.27. The average Bonchev–Trinajstić information content (AvgIpc) is 2.67. The van der Waals surface area contributed by atoms with Gasteiger partial charge in [-0.3, -0.25) is 4.40 Å². The van der Waals surface area contributed by atoms with Crippen LogP contribution in [0.1, 0.15) is 0 Å². The highest BCUT2D eigenvalue weighted by atomic mass is 32.1. The Morgan fingerprint density at radius 1 is 1.29 bits per heavy atom. The molecule has 0 atom stereocenters. The second kappa shape index (κ2) is 2.65. The van der Waals surface area contributed by atoms with E-state index in [0.717, 1.165) is 16.6 Å². The molecule has 1 aromatic carbocycles. The van der Waals surface area contributed by atoms with E-state index in [1.807, 2.05) is 34.9 Å². The number of H-pyrrole nitrogens is 1. The van der Waals surface area contributed by atoms with Crippen molar-refractivity contribution in [2.24, 2.45) is 0 Å². The summed E-state index contributed by atoms with van der Waals surface area (Å²) >= 11 is 5.20. The number of hydrogen-bond acceptors (Lipinski definition) is 2. The highest BCUT2D eigenvalue weighted by Crippen LogP contribution is 2.16. The number of benzene rings is 1. The number of rotatable bonds is 0. The summed E-state index contributed by atoms with van der Waals surface area (Å²) in [6.07, 6.45) is 3.62. The van der Waals surface area contributed by atoms with Crippen molar-refractivity contribution in [3.8, 4) is 0 Å². The van der Waals surface area contributed by atoms with Gasteiger partial charge in [0.1, 0.15) is 5.65 Å². The first-order valence-corrected chi connectivity index (χ1v) is 4.71. The summed E-state index contributed by atoms with van der Waals surface area (Å²) in [5.41, 5.74) is 1.93. The molecular formula is C10H7N3S. The summed E-state index contributed by atoms with van der Waals surface area (Å²) in [6, 6.07) is 8.00. The van der Waals surface area contributed by atoms with E-state index in [-0.39, 0.29) is 0 Å². The number of nitrogens with one attached hydrogen (secondary N) is 1. The van der Waals surface area contributed by atoms with Crippen LogP contribution in [0.15, 0.2) is 36.7 Å². The largest absolute Gasteiger partial charge is 0.331 e. The van der Waals surface area contributed by atoms with E-state index < -0.39 is 0 Å². The Balaban J connectivity index is 2.73. The lowest BCUT2D eigenvalue weighted by atomic mass is 10.2. The fraction of sp³-hybridized carbons (Fsp3) is 0. The Hall–Kier alpha value is -1.68. The van der Waals surface area contributed by atoms with Gasteiger partial charge in [-0.05, 0) is 24.4 Å². The van der Waals surface area contributed by atoms with Gasteiger partial charge >= 0.3 is 0 Å². The zero-order chi connectivity index (χ0) is 9.54. The van der Waals surface area contributed by atoms with E-state index in [9.17, 15) is 0 Å². The molecule has 3 rings (SSSR count). The number of aromatic nitrogens is 3. The predicted octanol–water partition coefficient (Wildman–Crippen LogP) is 2.55. The summed E-state index contributed by atoms with van der Waals surface area (Å²) < 4.78 is 2.55. The quantitative estimate of drug-likeness (QED) is 0.567. The Morgan fingerprint density at radius 3 is 3.07 bits per heavy atom. The van der Waals surface area contributed by atoms with Gasteiger partial charge in [0.2, 0.25) is 0 Å². The molecule has 0 fully saturated rings. The number of nitrogens with zero attached hydrogens (tertiary/aromatic N) is 2. The molecule has 3 nitrogen and oxygen atoms in total. The third kappa shape index (κ3) is 0.914. The number of hydrogen-bond donors (Lipinski definition) is 1. The van der Waals surface area contributed by atoms with E-state index in [4.69, 9.17) is 12.2 Å². The molecule has 0 aliphatic heterocycles. The number of aromatic amines is 1. The van der Waals surface area contributed by atoms with Crippen LogP contribution < -0.4 is 0 Å². The molecule has 14 heavy (non-hydrogen) atoms. The molecule has 4 heteroatoms. The molecule has 2 heterocycles. The Labute approximate surface area is 85.0 Å². The summed E-state index contributed by atoms with van der Waals surface area (Å²) in [4.78, 5) is 7.44. The number of fused-ring (bicyclic) bond motifs is 3. The Bertz CT molecular complexity index is 665. The van der Waals surface area contributed by atoms with Crippen LogP contribution in [0, 0.1) is 4.77 Å². The first-order valence-electron chi connectivity index (χ1n) is 4.30. The average molecular weight is 201 g/mol. The molecular weight excluding hydrogens is 194 g/mol.